The molecule has 9 heteroatoms. The van der Waals surface area contributed by atoms with Gasteiger partial charge in [0.15, 0.2) is 0 Å². The molecule has 0 bridgehead atoms. The van der Waals surface area contributed by atoms with Gasteiger partial charge in [-0.2, -0.15) is 0 Å². The number of benzene rings is 1. The zero-order valence-electron chi connectivity index (χ0n) is 15.1. The minimum Gasteiger partial charge on any atom is -0.457 e. The molecule has 3 aromatic heterocycles. The molecule has 0 N–H and O–H groups in total. The first-order chi connectivity index (χ1) is 14.6. The van der Waals surface area contributed by atoms with Crippen LogP contribution in [0.1, 0.15) is 31.7 Å². The zero-order valence-corrected chi connectivity index (χ0v) is 15.1. The summed E-state index contributed by atoms with van der Waals surface area (Å²) >= 11 is 0. The third-order valence-electron chi connectivity index (χ3n) is 3.65. The number of rotatable bonds is 6. The minimum absolute atomic E-state index is 0.0397. The first-order valence-corrected chi connectivity index (χ1v) is 8.50. The van der Waals surface area contributed by atoms with Gasteiger partial charge in [-0.15, -0.1) is 0 Å². The van der Waals surface area contributed by atoms with Crippen LogP contribution in [-0.4, -0.2) is 17.9 Å². The van der Waals surface area contributed by atoms with Crippen molar-refractivity contribution in [1.82, 2.24) is 0 Å². The Bertz CT molecular complexity index is 993. The average molecular weight is 408 g/mol. The van der Waals surface area contributed by atoms with E-state index >= 15 is 0 Å². The van der Waals surface area contributed by atoms with Gasteiger partial charge in [-0.05, 0) is 36.4 Å². The van der Waals surface area contributed by atoms with Crippen molar-refractivity contribution in [1.29, 1.82) is 0 Å². The molecule has 0 atom stereocenters. The second-order valence-electron chi connectivity index (χ2n) is 5.74. The predicted octanol–water partition coefficient (Wildman–Crippen LogP) is 4.12. The smallest absolute Gasteiger partial charge is 0.379 e. The summed E-state index contributed by atoms with van der Waals surface area (Å²) in [5.41, 5.74) is 0. The van der Waals surface area contributed by atoms with E-state index in [4.69, 9.17) is 27.5 Å². The van der Waals surface area contributed by atoms with E-state index < -0.39 is 17.9 Å². The minimum atomic E-state index is -0.794. The van der Waals surface area contributed by atoms with E-state index in [0.717, 1.165) is 0 Å². The van der Waals surface area contributed by atoms with Crippen LogP contribution < -0.4 is 14.2 Å². The van der Waals surface area contributed by atoms with Gasteiger partial charge in [-0.3, -0.25) is 0 Å². The highest BCUT2D eigenvalue weighted by Crippen LogP contribution is 2.30. The van der Waals surface area contributed by atoms with Gasteiger partial charge < -0.3 is 27.5 Å². The van der Waals surface area contributed by atoms with Crippen LogP contribution in [0.4, 0.5) is 0 Å². The molecular weight excluding hydrogens is 396 g/mol. The molecule has 0 spiro atoms. The molecule has 0 aliphatic carbocycles. The van der Waals surface area contributed by atoms with E-state index in [9.17, 15) is 14.4 Å². The standard InChI is InChI=1S/C21H12O9/c22-19(16-4-1-7-25-16)28-13-10-14(29-20(23)17-5-2-8-26-17)12-15(11-13)30-21(24)18-6-3-9-27-18/h1-12H. The fourth-order valence-electron chi connectivity index (χ4n) is 2.38. The van der Waals surface area contributed by atoms with Crippen molar-refractivity contribution in [3.8, 4) is 17.2 Å². The fraction of sp³-hybridized carbons (Fsp3) is 0. The van der Waals surface area contributed by atoms with Crippen molar-refractivity contribution in [3.05, 3.63) is 90.7 Å². The SMILES string of the molecule is O=C(Oc1cc(OC(=O)c2ccco2)cc(OC(=O)c2ccco2)c1)c1ccco1. The molecule has 0 aliphatic rings. The van der Waals surface area contributed by atoms with Gasteiger partial charge in [-0.25, -0.2) is 14.4 Å². The number of esters is 3. The summed E-state index contributed by atoms with van der Waals surface area (Å²) in [6.45, 7) is 0. The molecule has 0 fully saturated rings. The lowest BCUT2D eigenvalue weighted by Crippen LogP contribution is -2.11. The summed E-state index contributed by atoms with van der Waals surface area (Å²) in [6, 6.07) is 12.6. The van der Waals surface area contributed by atoms with E-state index in [1.807, 2.05) is 0 Å². The van der Waals surface area contributed by atoms with Crippen LogP contribution in [0, 0.1) is 0 Å². The summed E-state index contributed by atoms with van der Waals surface area (Å²) in [7, 11) is 0. The van der Waals surface area contributed by atoms with Crippen LogP contribution in [0.15, 0.2) is 86.6 Å². The maximum Gasteiger partial charge on any atom is 0.379 e. The molecule has 0 amide bonds. The summed E-state index contributed by atoms with van der Waals surface area (Å²) in [6.07, 6.45) is 3.94. The van der Waals surface area contributed by atoms with Crippen LogP contribution in [0.3, 0.4) is 0 Å². The van der Waals surface area contributed by atoms with E-state index in [-0.39, 0.29) is 34.5 Å². The Morgan fingerprint density at radius 3 is 1.07 bits per heavy atom. The Kier molecular flexibility index (Phi) is 5.16. The molecule has 4 aromatic rings. The molecule has 0 unspecified atom stereocenters. The van der Waals surface area contributed by atoms with Crippen LogP contribution in [-0.2, 0) is 0 Å². The predicted molar refractivity (Wildman–Crippen MR) is 97.4 cm³/mol. The van der Waals surface area contributed by atoms with Crippen molar-refractivity contribution in [2.75, 3.05) is 0 Å². The lowest BCUT2D eigenvalue weighted by Gasteiger charge is -2.10. The highest BCUT2D eigenvalue weighted by atomic mass is 16.6. The van der Waals surface area contributed by atoms with Crippen molar-refractivity contribution >= 4 is 17.9 Å². The van der Waals surface area contributed by atoms with Crippen molar-refractivity contribution in [2.45, 2.75) is 0 Å². The van der Waals surface area contributed by atoms with Crippen molar-refractivity contribution < 1.29 is 41.8 Å². The highest BCUT2D eigenvalue weighted by molar-refractivity contribution is 5.90. The Morgan fingerprint density at radius 1 is 0.533 bits per heavy atom. The fourth-order valence-corrected chi connectivity index (χ4v) is 2.38. The van der Waals surface area contributed by atoms with E-state index in [2.05, 4.69) is 0 Å². The Hall–Kier alpha value is -4.53. The monoisotopic (exact) mass is 408 g/mol. The lowest BCUT2D eigenvalue weighted by atomic mass is 10.3. The Labute approximate surface area is 168 Å². The van der Waals surface area contributed by atoms with Gasteiger partial charge in [0.1, 0.15) is 17.2 Å². The number of carbonyl (C=O) groups excluding carboxylic acids is 3. The third kappa shape index (κ3) is 4.30. The summed E-state index contributed by atoms with van der Waals surface area (Å²) in [5, 5.41) is 0. The van der Waals surface area contributed by atoms with Gasteiger partial charge in [0.25, 0.3) is 0 Å². The molecule has 9 nitrogen and oxygen atoms in total. The lowest BCUT2D eigenvalue weighted by molar-refractivity contribution is 0.0695. The average Bonchev–Trinajstić information content (AvgIpc) is 3.51. The molecule has 150 valence electrons. The normalized spacial score (nSPS) is 10.4. The summed E-state index contributed by atoms with van der Waals surface area (Å²) < 4.78 is 30.6. The number of ether oxygens (including phenoxy) is 3. The van der Waals surface area contributed by atoms with Crippen molar-refractivity contribution in [2.24, 2.45) is 0 Å². The molecule has 0 aliphatic heterocycles. The van der Waals surface area contributed by atoms with E-state index in [1.165, 1.54) is 73.4 Å². The summed E-state index contributed by atoms with van der Waals surface area (Å²) in [4.78, 5) is 36.5. The number of hydrogen-bond acceptors (Lipinski definition) is 9. The van der Waals surface area contributed by atoms with E-state index in [0.29, 0.717) is 0 Å². The largest absolute Gasteiger partial charge is 0.457 e. The molecule has 4 rings (SSSR count). The molecule has 30 heavy (non-hydrogen) atoms. The number of carbonyl (C=O) groups is 3. The quantitative estimate of drug-likeness (QED) is 0.343. The molecular formula is C21H12O9. The topological polar surface area (TPSA) is 118 Å². The number of hydrogen-bond donors (Lipinski definition) is 0. The molecule has 0 radical (unpaired) electrons. The zero-order chi connectivity index (χ0) is 20.9. The van der Waals surface area contributed by atoms with Gasteiger partial charge in [0.05, 0.1) is 18.8 Å². The van der Waals surface area contributed by atoms with Crippen molar-refractivity contribution in [3.63, 3.8) is 0 Å². The Morgan fingerprint density at radius 2 is 0.833 bits per heavy atom. The maximum absolute atomic E-state index is 12.2. The van der Waals surface area contributed by atoms with Gasteiger partial charge in [0.2, 0.25) is 17.3 Å². The van der Waals surface area contributed by atoms with Gasteiger partial charge >= 0.3 is 17.9 Å². The first kappa shape index (κ1) is 18.8. The van der Waals surface area contributed by atoms with Gasteiger partial charge in [-0.1, -0.05) is 0 Å². The second kappa shape index (κ2) is 8.23. The van der Waals surface area contributed by atoms with Gasteiger partial charge in [0, 0.05) is 18.2 Å². The molecule has 3 heterocycles. The van der Waals surface area contributed by atoms with E-state index in [1.54, 1.807) is 0 Å². The van der Waals surface area contributed by atoms with Crippen LogP contribution in [0.2, 0.25) is 0 Å². The third-order valence-corrected chi connectivity index (χ3v) is 3.65. The summed E-state index contributed by atoms with van der Waals surface area (Å²) in [5.74, 6) is -2.66. The van der Waals surface area contributed by atoms with Crippen LogP contribution >= 0.6 is 0 Å². The number of furan rings is 3. The maximum atomic E-state index is 12.2. The van der Waals surface area contributed by atoms with Crippen LogP contribution in [0.25, 0.3) is 0 Å². The second-order valence-corrected chi connectivity index (χ2v) is 5.74. The molecule has 1 aromatic carbocycles. The van der Waals surface area contributed by atoms with Crippen LogP contribution in [0.5, 0.6) is 17.2 Å². The molecule has 0 saturated heterocycles. The first-order valence-electron chi connectivity index (χ1n) is 8.50. The Balaban J connectivity index is 1.60. The molecule has 0 saturated carbocycles. The highest BCUT2D eigenvalue weighted by Gasteiger charge is 2.18.